The zero-order valence-corrected chi connectivity index (χ0v) is 65.7. The Morgan fingerprint density at radius 2 is 0.813 bits per heavy atom. The molecule has 0 aliphatic carbocycles. The van der Waals surface area contributed by atoms with E-state index in [1.54, 1.807) is 112 Å². The van der Waals surface area contributed by atoms with E-state index in [2.05, 4.69) is 194 Å². The van der Waals surface area contributed by atoms with E-state index in [0.717, 1.165) is 50.6 Å². The van der Waals surface area contributed by atoms with Crippen molar-refractivity contribution in [2.75, 3.05) is 65.7 Å². The van der Waals surface area contributed by atoms with Crippen molar-refractivity contribution in [3.8, 4) is 23.4 Å². The number of H-pyrrole nitrogens is 1. The average Bonchev–Trinajstić information content (AvgIpc) is 0.912. The van der Waals surface area contributed by atoms with Gasteiger partial charge in [0.1, 0.15) is 0 Å². The Kier molecular flexibility index (Phi) is 49.5. The van der Waals surface area contributed by atoms with Crippen molar-refractivity contribution in [3.05, 3.63) is 121 Å². The number of nitrogens with one attached hydrogen (secondary N) is 8. The fourth-order valence-electron chi connectivity index (χ4n) is 7.78. The molecule has 0 bridgehead atoms. The second-order valence-corrected chi connectivity index (χ2v) is 26.9. The van der Waals surface area contributed by atoms with Gasteiger partial charge in [-0.1, -0.05) is 96.9 Å². The van der Waals surface area contributed by atoms with Crippen molar-refractivity contribution < 1.29 is 52.5 Å². The molecule has 7 heterocycles. The maximum absolute atomic E-state index is 11.6. The number of hydrogen-bond donors (Lipinski definition) is 8. The van der Waals surface area contributed by atoms with Crippen LogP contribution in [0.1, 0.15) is 187 Å². The van der Waals surface area contributed by atoms with Crippen molar-refractivity contribution in [1.29, 1.82) is 0 Å². The first-order valence-corrected chi connectivity index (χ1v) is 35.8. The maximum Gasteiger partial charge on any atom is 0.252 e. The van der Waals surface area contributed by atoms with Crippen molar-refractivity contribution in [1.82, 2.24) is 60.3 Å². The largest absolute Gasteiger partial charge is 0.493 e. The third-order valence-corrected chi connectivity index (χ3v) is 13.9. The van der Waals surface area contributed by atoms with Crippen LogP contribution in [0.4, 0.5) is 40.9 Å². The first-order valence-electron chi connectivity index (χ1n) is 35.8. The Balaban J connectivity index is 0.000000625. The molecule has 8 N–H and O–H groups in total. The third-order valence-electron chi connectivity index (χ3n) is 13.9. The van der Waals surface area contributed by atoms with Crippen molar-refractivity contribution in [3.63, 3.8) is 0 Å². The number of nitrogens with zero attached hydrogens (tertiary/aromatic N) is 11. The van der Waals surface area contributed by atoms with E-state index in [4.69, 9.17) is 18.9 Å². The number of carbonyl (C=O) groups is 7. The first-order chi connectivity index (χ1) is 50.9. The molecule has 0 fully saturated rings. The van der Waals surface area contributed by atoms with Crippen LogP contribution in [-0.4, -0.2) is 130 Å². The SMILES string of the molecule is CC(C)CCC(=O)Nc1cccnn1.CC(C)CCC(=O)Nc1nccc(=O)[nH]1.CC(C)CCC(=O)Nc1ncccn1.COc1cc(NC(=O)CCC(C)C)ccn1.COc1ccc(NC(=O)CCC(C)C)nn1.COc1ccnc(NC(=O)CCC(C)C)n1.COc1cnccc1NC(=O)CCC(C)C. The number of anilines is 7. The Morgan fingerprint density at radius 1 is 0.374 bits per heavy atom. The highest BCUT2D eigenvalue weighted by Crippen LogP contribution is 2.23. The molecule has 31 nitrogen and oxygen atoms in total. The normalized spacial score (nSPS) is 10.3. The molecule has 586 valence electrons. The van der Waals surface area contributed by atoms with Crippen molar-refractivity contribution >= 4 is 82.2 Å². The minimum absolute atomic E-state index is 0.000741. The maximum atomic E-state index is 11.6. The second kappa shape index (κ2) is 56.4. The second-order valence-electron chi connectivity index (χ2n) is 26.9. The lowest BCUT2D eigenvalue weighted by molar-refractivity contribution is -0.117. The predicted octanol–water partition coefficient (Wildman–Crippen LogP) is 13.5. The van der Waals surface area contributed by atoms with Crippen LogP contribution < -0.4 is 61.7 Å². The summed E-state index contributed by atoms with van der Waals surface area (Å²) < 4.78 is 19.9. The summed E-state index contributed by atoms with van der Waals surface area (Å²) in [6.07, 6.45) is 22.2. The average molecular weight is 1490 g/mol. The van der Waals surface area contributed by atoms with Crippen LogP contribution in [0.3, 0.4) is 0 Å². The lowest BCUT2D eigenvalue weighted by Crippen LogP contribution is -2.17. The van der Waals surface area contributed by atoms with Gasteiger partial charge in [-0.05, 0) is 123 Å². The summed E-state index contributed by atoms with van der Waals surface area (Å²) in [6, 6.07) is 16.6. The number of aromatic amines is 1. The van der Waals surface area contributed by atoms with E-state index in [1.165, 1.54) is 26.5 Å². The molecular weight excluding hydrogens is 1370 g/mol. The van der Waals surface area contributed by atoms with E-state index >= 15 is 0 Å². The molecule has 0 saturated carbocycles. The molecule has 0 unspecified atom stereocenters. The summed E-state index contributed by atoms with van der Waals surface area (Å²) in [5, 5.41) is 33.8. The number of pyridine rings is 2. The van der Waals surface area contributed by atoms with Crippen LogP contribution in [0.25, 0.3) is 0 Å². The zero-order chi connectivity index (χ0) is 79.9. The molecule has 0 aliphatic heterocycles. The standard InChI is InChI=1S/2C12H18N2O2.2C11H17N3O2.C10H15N3O2.2C10H15N3O/c1-9(2)4-5-12(15)14-10-6-7-13-8-11(10)16-3;1-9(2)4-5-11(15)14-10-6-7-13-12(8-10)16-3;1-8(2)4-6-10(15)12-9-5-7-11(16-3)14-13-9;1-8(2)4-5-9(15)13-11-12-7-6-10(14-11)16-3;1-7(2)3-4-8(14)12-10-11-6-5-9(15)13-10;1-8(2)4-5-9(14)13-10-11-6-3-7-12-10;1-8(2)5-6-10(14)12-9-4-3-7-11-13-9/h2*6-9H,4-5H2,1-3H3,(H,13,14,15);5,7-8H,4,6H2,1-3H3,(H,12,13,15);6-8H,4-5H2,1-3H3,(H,12,13,14,15);5-7H,3-4H2,1-2H3,(H2,11,12,13,14,15);3,6-8H,4-5H2,1-2H3,(H,11,12,13,14);3-4,7-8H,5-6H2,1-2H3,(H,12,13,14). The van der Waals surface area contributed by atoms with Gasteiger partial charge in [0.15, 0.2) is 17.4 Å². The van der Waals surface area contributed by atoms with Crippen LogP contribution in [0.15, 0.2) is 115 Å². The van der Waals surface area contributed by atoms with Gasteiger partial charge in [-0.15, -0.1) is 15.3 Å². The molecule has 0 radical (unpaired) electrons. The Morgan fingerprint density at radius 3 is 1.26 bits per heavy atom. The summed E-state index contributed by atoms with van der Waals surface area (Å²) in [5.41, 5.74) is 1.12. The Hall–Kier alpha value is -11.0. The highest BCUT2D eigenvalue weighted by Gasteiger charge is 2.13. The van der Waals surface area contributed by atoms with Crippen LogP contribution in [0, 0.1) is 41.4 Å². The van der Waals surface area contributed by atoms with Gasteiger partial charge in [-0.25, -0.2) is 24.9 Å². The number of methoxy groups -OCH3 is 4. The molecule has 7 rings (SSSR count). The van der Waals surface area contributed by atoms with E-state index in [-0.39, 0.29) is 58.8 Å². The summed E-state index contributed by atoms with van der Waals surface area (Å²) in [4.78, 5) is 121. The molecule has 7 amide bonds. The van der Waals surface area contributed by atoms with Gasteiger partial charge in [0, 0.05) is 118 Å². The minimum Gasteiger partial charge on any atom is -0.493 e. The Labute approximate surface area is 630 Å². The molecule has 0 aromatic carbocycles. The smallest absolute Gasteiger partial charge is 0.252 e. The number of ether oxygens (including phenoxy) is 4. The molecule has 7 aromatic rings. The summed E-state index contributed by atoms with van der Waals surface area (Å²) in [6.45, 7) is 29.2. The number of hydrogen-bond acceptors (Lipinski definition) is 23. The van der Waals surface area contributed by atoms with Gasteiger partial charge < -0.3 is 40.2 Å². The lowest BCUT2D eigenvalue weighted by Gasteiger charge is -2.09. The number of carbonyl (C=O) groups excluding carboxylic acids is 7. The minimum atomic E-state index is -0.274. The number of amides is 7. The summed E-state index contributed by atoms with van der Waals surface area (Å²) in [5.74, 6) is 7.25. The van der Waals surface area contributed by atoms with Gasteiger partial charge in [0.05, 0.1) is 40.3 Å². The molecule has 0 saturated heterocycles. The zero-order valence-electron chi connectivity index (χ0n) is 65.7. The quantitative estimate of drug-likeness (QED) is 0.0194. The highest BCUT2D eigenvalue weighted by atomic mass is 16.5. The van der Waals surface area contributed by atoms with Crippen LogP contribution in [0.2, 0.25) is 0 Å². The fraction of sp³-hybridized carbons (Fsp3) is 0.513. The van der Waals surface area contributed by atoms with Crippen LogP contribution >= 0.6 is 0 Å². The molecule has 7 aromatic heterocycles. The van der Waals surface area contributed by atoms with Gasteiger partial charge >= 0.3 is 0 Å². The molecule has 0 aliphatic rings. The summed E-state index contributed by atoms with van der Waals surface area (Å²) in [7, 11) is 6.14. The van der Waals surface area contributed by atoms with Gasteiger partial charge in [0.2, 0.25) is 76.8 Å². The number of rotatable bonds is 32. The topological polar surface area (TPSA) is 415 Å². The fourth-order valence-corrected chi connectivity index (χ4v) is 7.78. The third kappa shape index (κ3) is 50.9. The van der Waals surface area contributed by atoms with Crippen LogP contribution in [-0.2, 0) is 33.6 Å². The van der Waals surface area contributed by atoms with E-state index < -0.39 is 0 Å². The molecule has 31 heteroatoms. The van der Waals surface area contributed by atoms with Gasteiger partial charge in [0.25, 0.3) is 5.56 Å². The molecular formula is C76H115N19O12. The monoisotopic (exact) mass is 1490 g/mol. The van der Waals surface area contributed by atoms with E-state index in [1.807, 2.05) is 0 Å². The highest BCUT2D eigenvalue weighted by molar-refractivity contribution is 5.93. The van der Waals surface area contributed by atoms with E-state index in [9.17, 15) is 38.4 Å². The number of aromatic nitrogens is 12. The van der Waals surface area contributed by atoms with Crippen molar-refractivity contribution in [2.45, 2.75) is 187 Å². The van der Waals surface area contributed by atoms with Gasteiger partial charge in [-0.2, -0.15) is 10.1 Å². The lowest BCUT2D eigenvalue weighted by atomic mass is 10.1. The van der Waals surface area contributed by atoms with E-state index in [0.29, 0.717) is 133 Å². The predicted molar refractivity (Wildman–Crippen MR) is 417 cm³/mol. The summed E-state index contributed by atoms with van der Waals surface area (Å²) >= 11 is 0. The van der Waals surface area contributed by atoms with Crippen molar-refractivity contribution in [2.24, 2.45) is 41.4 Å². The van der Waals surface area contributed by atoms with Crippen LogP contribution in [0.5, 0.6) is 23.4 Å². The molecule has 107 heavy (non-hydrogen) atoms. The van der Waals surface area contributed by atoms with Gasteiger partial charge in [-0.3, -0.25) is 64.3 Å². The first kappa shape index (κ1) is 94.0. The molecule has 0 atom stereocenters. The Bertz CT molecular complexity index is 3550. The molecule has 0 spiro atoms.